The first kappa shape index (κ1) is 15.6. The van der Waals surface area contributed by atoms with Crippen molar-refractivity contribution in [2.45, 2.75) is 13.8 Å². The van der Waals surface area contributed by atoms with Crippen molar-refractivity contribution >= 4 is 23.9 Å². The van der Waals surface area contributed by atoms with E-state index in [-0.39, 0.29) is 5.91 Å². The van der Waals surface area contributed by atoms with E-state index in [1.165, 1.54) is 0 Å². The third kappa shape index (κ3) is 2.97. The molecular weight excluding hydrogens is 292 g/mol. The van der Waals surface area contributed by atoms with Crippen molar-refractivity contribution in [2.75, 3.05) is 33.3 Å². The van der Waals surface area contributed by atoms with Crippen LogP contribution in [-0.2, 0) is 4.79 Å². The summed E-state index contributed by atoms with van der Waals surface area (Å²) in [5, 5.41) is 0.589. The van der Waals surface area contributed by atoms with Crippen LogP contribution < -0.4 is 4.74 Å². The summed E-state index contributed by atoms with van der Waals surface area (Å²) < 4.78 is 5.34. The van der Waals surface area contributed by atoms with Gasteiger partial charge in [-0.2, -0.15) is 0 Å². The predicted octanol–water partition coefficient (Wildman–Crippen LogP) is 1.88. The van der Waals surface area contributed by atoms with Gasteiger partial charge in [-0.05, 0) is 31.0 Å². The molecule has 1 saturated heterocycles. The van der Waals surface area contributed by atoms with Gasteiger partial charge >= 0.3 is 0 Å². The van der Waals surface area contributed by atoms with Crippen LogP contribution in [0.25, 0.3) is 0 Å². The Labute approximate surface area is 129 Å². The second-order valence-electron chi connectivity index (χ2n) is 5.14. The molecule has 114 valence electrons. The zero-order chi connectivity index (χ0) is 15.6. The second-order valence-corrected chi connectivity index (χ2v) is 5.52. The van der Waals surface area contributed by atoms with E-state index in [0.717, 1.165) is 17.5 Å². The molecule has 21 heavy (non-hydrogen) atoms. The minimum Gasteiger partial charge on any atom is -0.496 e. The molecule has 0 atom stereocenters. The van der Waals surface area contributed by atoms with Crippen molar-refractivity contribution < 1.29 is 14.3 Å². The number of amides is 2. The molecule has 0 bridgehead atoms. The monoisotopic (exact) mass is 310 g/mol. The number of aryl methyl sites for hydroxylation is 1. The Hall–Kier alpha value is -1.75. The van der Waals surface area contributed by atoms with E-state index in [4.69, 9.17) is 16.3 Å². The first-order chi connectivity index (χ1) is 9.99. The normalized spacial score (nSPS) is 15.0. The quantitative estimate of drug-likeness (QED) is 0.801. The maximum Gasteiger partial charge on any atom is 0.258 e. The van der Waals surface area contributed by atoms with Crippen LogP contribution in [0.4, 0.5) is 0 Å². The van der Waals surface area contributed by atoms with E-state index < -0.39 is 0 Å². The minimum absolute atomic E-state index is 0.100. The van der Waals surface area contributed by atoms with Gasteiger partial charge in [0.2, 0.25) is 6.41 Å². The van der Waals surface area contributed by atoms with Crippen molar-refractivity contribution in [3.63, 3.8) is 0 Å². The van der Waals surface area contributed by atoms with E-state index in [1.807, 2.05) is 13.8 Å². The lowest BCUT2D eigenvalue weighted by molar-refractivity contribution is -0.119. The maximum absolute atomic E-state index is 12.7. The molecule has 1 aliphatic rings. The molecule has 0 aliphatic carbocycles. The smallest absolute Gasteiger partial charge is 0.258 e. The highest BCUT2D eigenvalue weighted by Crippen LogP contribution is 2.32. The van der Waals surface area contributed by atoms with Crippen LogP contribution in [0, 0.1) is 13.8 Å². The number of nitrogens with zero attached hydrogens (tertiary/aromatic N) is 2. The standard InChI is InChI=1S/C15H19ClN2O3/c1-10-8-12(21-3)13(11(2)14(10)16)15(20)18-6-4-17(9-19)5-7-18/h8-9H,4-7H2,1-3H3. The molecule has 2 amide bonds. The largest absolute Gasteiger partial charge is 0.496 e. The zero-order valence-corrected chi connectivity index (χ0v) is 13.2. The maximum atomic E-state index is 12.7. The molecule has 0 radical (unpaired) electrons. The van der Waals surface area contributed by atoms with Gasteiger partial charge in [-0.3, -0.25) is 9.59 Å². The summed E-state index contributed by atoms with van der Waals surface area (Å²) >= 11 is 6.26. The fourth-order valence-corrected chi connectivity index (χ4v) is 2.69. The lowest BCUT2D eigenvalue weighted by atomic mass is 10.0. The Bertz CT molecular complexity index is 567. The summed E-state index contributed by atoms with van der Waals surface area (Å²) in [6.45, 7) is 5.85. The van der Waals surface area contributed by atoms with Crippen LogP contribution in [0.5, 0.6) is 5.75 Å². The fourth-order valence-electron chi connectivity index (χ4n) is 2.54. The van der Waals surface area contributed by atoms with Gasteiger partial charge in [0.05, 0.1) is 12.7 Å². The van der Waals surface area contributed by atoms with Crippen LogP contribution >= 0.6 is 11.6 Å². The Kier molecular flexibility index (Phi) is 4.73. The van der Waals surface area contributed by atoms with Crippen molar-refractivity contribution in [3.8, 4) is 5.75 Å². The molecule has 1 heterocycles. The molecule has 1 aromatic rings. The molecule has 0 unspecified atom stereocenters. The van der Waals surface area contributed by atoms with E-state index in [1.54, 1.807) is 23.0 Å². The van der Waals surface area contributed by atoms with Gasteiger partial charge < -0.3 is 14.5 Å². The molecule has 2 rings (SSSR count). The fraction of sp³-hybridized carbons (Fsp3) is 0.467. The molecule has 0 saturated carbocycles. The first-order valence-electron chi connectivity index (χ1n) is 6.82. The molecule has 1 aromatic carbocycles. The molecule has 1 aliphatic heterocycles. The number of benzene rings is 1. The number of carbonyl (C=O) groups is 2. The third-order valence-electron chi connectivity index (χ3n) is 3.83. The van der Waals surface area contributed by atoms with Crippen molar-refractivity contribution in [1.29, 1.82) is 0 Å². The summed E-state index contributed by atoms with van der Waals surface area (Å²) in [6, 6.07) is 1.78. The van der Waals surface area contributed by atoms with E-state index in [0.29, 0.717) is 42.5 Å². The Balaban J connectivity index is 2.31. The number of hydrogen-bond donors (Lipinski definition) is 0. The number of piperazine rings is 1. The lowest BCUT2D eigenvalue weighted by Gasteiger charge is -2.33. The zero-order valence-electron chi connectivity index (χ0n) is 12.5. The predicted molar refractivity (Wildman–Crippen MR) is 81.0 cm³/mol. The van der Waals surface area contributed by atoms with Gasteiger partial charge in [0.15, 0.2) is 0 Å². The first-order valence-corrected chi connectivity index (χ1v) is 7.19. The Morgan fingerprint density at radius 2 is 1.90 bits per heavy atom. The topological polar surface area (TPSA) is 49.9 Å². The highest BCUT2D eigenvalue weighted by atomic mass is 35.5. The number of rotatable bonds is 3. The summed E-state index contributed by atoms with van der Waals surface area (Å²) in [7, 11) is 1.54. The van der Waals surface area contributed by atoms with Crippen LogP contribution in [-0.4, -0.2) is 55.4 Å². The highest BCUT2D eigenvalue weighted by Gasteiger charge is 2.26. The molecule has 0 N–H and O–H groups in total. The average Bonchev–Trinajstić information content (AvgIpc) is 2.51. The molecule has 6 heteroatoms. The molecule has 5 nitrogen and oxygen atoms in total. The molecule has 0 spiro atoms. The number of carbonyl (C=O) groups excluding carboxylic acids is 2. The number of ether oxygens (including phenoxy) is 1. The van der Waals surface area contributed by atoms with Gasteiger partial charge in [0.25, 0.3) is 5.91 Å². The van der Waals surface area contributed by atoms with E-state index in [2.05, 4.69) is 0 Å². The van der Waals surface area contributed by atoms with E-state index >= 15 is 0 Å². The summed E-state index contributed by atoms with van der Waals surface area (Å²) in [5.41, 5.74) is 2.12. The second kappa shape index (κ2) is 6.35. The molecule has 0 aromatic heterocycles. The number of hydrogen-bond acceptors (Lipinski definition) is 3. The van der Waals surface area contributed by atoms with Crippen LogP contribution in [0.1, 0.15) is 21.5 Å². The van der Waals surface area contributed by atoms with Crippen molar-refractivity contribution in [1.82, 2.24) is 9.80 Å². The van der Waals surface area contributed by atoms with Gasteiger partial charge in [-0.25, -0.2) is 0 Å². The minimum atomic E-state index is -0.100. The lowest BCUT2D eigenvalue weighted by Crippen LogP contribution is -2.48. The average molecular weight is 311 g/mol. The van der Waals surface area contributed by atoms with Gasteiger partial charge in [0.1, 0.15) is 5.75 Å². The third-order valence-corrected chi connectivity index (χ3v) is 4.41. The molecule has 1 fully saturated rings. The highest BCUT2D eigenvalue weighted by molar-refractivity contribution is 6.32. The van der Waals surface area contributed by atoms with Crippen molar-refractivity contribution in [2.24, 2.45) is 0 Å². The Morgan fingerprint density at radius 3 is 2.43 bits per heavy atom. The van der Waals surface area contributed by atoms with Gasteiger partial charge in [-0.1, -0.05) is 11.6 Å². The van der Waals surface area contributed by atoms with Gasteiger partial charge in [-0.15, -0.1) is 0 Å². The number of halogens is 1. The SMILES string of the molecule is COc1cc(C)c(Cl)c(C)c1C(=O)N1CCN(C=O)CC1. The summed E-state index contributed by atoms with van der Waals surface area (Å²) in [6.07, 6.45) is 0.816. The molecular formula is C15H19ClN2O3. The van der Waals surface area contributed by atoms with Gasteiger partial charge in [0, 0.05) is 31.2 Å². The van der Waals surface area contributed by atoms with Crippen LogP contribution in [0.3, 0.4) is 0 Å². The summed E-state index contributed by atoms with van der Waals surface area (Å²) in [4.78, 5) is 26.9. The van der Waals surface area contributed by atoms with Crippen LogP contribution in [0.15, 0.2) is 6.07 Å². The Morgan fingerprint density at radius 1 is 1.29 bits per heavy atom. The van der Waals surface area contributed by atoms with E-state index in [9.17, 15) is 9.59 Å². The van der Waals surface area contributed by atoms with Crippen LogP contribution in [0.2, 0.25) is 5.02 Å². The number of methoxy groups -OCH3 is 1. The van der Waals surface area contributed by atoms with Crippen molar-refractivity contribution in [3.05, 3.63) is 27.8 Å². The summed E-state index contributed by atoms with van der Waals surface area (Å²) in [5.74, 6) is 0.439.